The molecule has 0 aromatic heterocycles. The fraction of sp³-hybridized carbons (Fsp3) is 0.500. The largest absolute Gasteiger partial charge is 0.301 e. The second kappa shape index (κ2) is 7.48. The van der Waals surface area contributed by atoms with Crippen LogP contribution in [0.15, 0.2) is 23.3 Å². The van der Waals surface area contributed by atoms with E-state index in [1.54, 1.807) is 6.21 Å². The van der Waals surface area contributed by atoms with Gasteiger partial charge in [-0.15, -0.1) is 0 Å². The Morgan fingerprint density at radius 3 is 2.18 bits per heavy atom. The van der Waals surface area contributed by atoms with Crippen molar-refractivity contribution >= 4 is 23.3 Å². The quantitative estimate of drug-likeness (QED) is 0.441. The topological polar surface area (TPSA) is 111 Å². The molecule has 0 aliphatic heterocycles. The van der Waals surface area contributed by atoms with E-state index in [1.165, 1.54) is 12.1 Å². The van der Waals surface area contributed by atoms with Gasteiger partial charge >= 0.3 is 5.69 Å². The highest BCUT2D eigenvalue weighted by Crippen LogP contribution is 2.30. The Labute approximate surface area is 128 Å². The molecule has 8 nitrogen and oxygen atoms in total. The minimum absolute atomic E-state index is 0.0530. The molecular formula is C14H20N4O4. The van der Waals surface area contributed by atoms with Crippen molar-refractivity contribution in [1.29, 1.82) is 0 Å². The third kappa shape index (κ3) is 4.00. The fourth-order valence-electron chi connectivity index (χ4n) is 2.14. The summed E-state index contributed by atoms with van der Waals surface area (Å²) in [5.41, 5.74) is 2.00. The lowest BCUT2D eigenvalue weighted by Gasteiger charge is -2.24. The van der Waals surface area contributed by atoms with Gasteiger partial charge in [-0.3, -0.25) is 25.7 Å². The lowest BCUT2D eigenvalue weighted by Crippen LogP contribution is -2.20. The smallest absolute Gasteiger partial charge is 0.272 e. The van der Waals surface area contributed by atoms with Gasteiger partial charge in [0.1, 0.15) is 5.69 Å². The maximum absolute atomic E-state index is 11.0. The Bertz CT molecular complexity index is 574. The molecule has 22 heavy (non-hydrogen) atoms. The Kier molecular flexibility index (Phi) is 5.97. The first-order valence-corrected chi connectivity index (χ1v) is 7.12. The number of nitrogens with one attached hydrogen (secondary N) is 1. The maximum atomic E-state index is 11.0. The molecule has 0 aliphatic rings. The number of nitro groups is 2. The molecule has 8 heteroatoms. The van der Waals surface area contributed by atoms with Gasteiger partial charge < -0.3 is 0 Å². The summed E-state index contributed by atoms with van der Waals surface area (Å²) in [7, 11) is 0. The molecule has 0 amide bonds. The first kappa shape index (κ1) is 17.5. The zero-order valence-corrected chi connectivity index (χ0v) is 12.9. The number of nitro benzene ring substituents is 2. The van der Waals surface area contributed by atoms with Crippen LogP contribution < -0.4 is 5.43 Å². The zero-order chi connectivity index (χ0) is 16.8. The van der Waals surface area contributed by atoms with Crippen LogP contribution in [0.25, 0.3) is 0 Å². The first-order chi connectivity index (χ1) is 10.4. The van der Waals surface area contributed by atoms with E-state index in [2.05, 4.69) is 31.3 Å². The van der Waals surface area contributed by atoms with Crippen LogP contribution in [0.1, 0.15) is 40.0 Å². The van der Waals surface area contributed by atoms with Crippen LogP contribution >= 0.6 is 0 Å². The number of benzene rings is 1. The van der Waals surface area contributed by atoms with Gasteiger partial charge in [0.05, 0.1) is 15.9 Å². The Morgan fingerprint density at radius 1 is 1.14 bits per heavy atom. The number of nitrogens with zero attached hydrogens (tertiary/aromatic N) is 3. The van der Waals surface area contributed by atoms with E-state index in [4.69, 9.17) is 0 Å². The number of hydrogen-bond donors (Lipinski definition) is 1. The van der Waals surface area contributed by atoms with Crippen molar-refractivity contribution in [2.24, 2.45) is 10.5 Å². The fourth-order valence-corrected chi connectivity index (χ4v) is 2.14. The Morgan fingerprint density at radius 2 is 1.73 bits per heavy atom. The van der Waals surface area contributed by atoms with Gasteiger partial charge in [-0.05, 0) is 25.3 Å². The summed E-state index contributed by atoms with van der Waals surface area (Å²) in [4.78, 5) is 20.4. The Hall–Kier alpha value is -2.51. The predicted molar refractivity (Wildman–Crippen MR) is 85.2 cm³/mol. The minimum Gasteiger partial charge on any atom is -0.272 e. The van der Waals surface area contributed by atoms with Gasteiger partial charge in [0.15, 0.2) is 0 Å². The zero-order valence-electron chi connectivity index (χ0n) is 12.9. The summed E-state index contributed by atoms with van der Waals surface area (Å²) in [5, 5.41) is 25.8. The second-order valence-corrected chi connectivity index (χ2v) is 5.01. The predicted octanol–water partition coefficient (Wildman–Crippen LogP) is 4.12. The highest BCUT2D eigenvalue weighted by atomic mass is 16.6. The third-order valence-electron chi connectivity index (χ3n) is 4.02. The first-order valence-electron chi connectivity index (χ1n) is 7.12. The van der Waals surface area contributed by atoms with Crippen molar-refractivity contribution in [3.8, 4) is 0 Å². The van der Waals surface area contributed by atoms with Gasteiger partial charge in [-0.2, -0.15) is 5.10 Å². The summed E-state index contributed by atoms with van der Waals surface area (Å²) in [6, 6.07) is 3.42. The lowest BCUT2D eigenvalue weighted by molar-refractivity contribution is -0.393. The second-order valence-electron chi connectivity index (χ2n) is 5.01. The molecule has 0 bridgehead atoms. The van der Waals surface area contributed by atoms with Crippen molar-refractivity contribution in [3.63, 3.8) is 0 Å². The van der Waals surface area contributed by atoms with Crippen molar-refractivity contribution in [3.05, 3.63) is 38.4 Å². The van der Waals surface area contributed by atoms with Gasteiger partial charge in [0.2, 0.25) is 0 Å². The van der Waals surface area contributed by atoms with Gasteiger partial charge in [-0.25, -0.2) is 0 Å². The molecule has 0 heterocycles. The lowest BCUT2D eigenvalue weighted by atomic mass is 9.81. The van der Waals surface area contributed by atoms with Crippen LogP contribution in [0.5, 0.6) is 0 Å². The van der Waals surface area contributed by atoms with Crippen molar-refractivity contribution in [2.45, 2.75) is 40.0 Å². The molecule has 0 saturated heterocycles. The number of hydrazone groups is 1. The summed E-state index contributed by atoms with van der Waals surface area (Å²) in [6.07, 6.45) is 4.49. The molecule has 0 spiro atoms. The van der Waals surface area contributed by atoms with Crippen LogP contribution in [-0.4, -0.2) is 16.1 Å². The van der Waals surface area contributed by atoms with Gasteiger partial charge in [0, 0.05) is 17.7 Å². The molecule has 0 aliphatic carbocycles. The normalized spacial score (nSPS) is 11.6. The molecular weight excluding hydrogens is 288 g/mol. The molecule has 1 aromatic carbocycles. The van der Waals surface area contributed by atoms with Crippen molar-refractivity contribution < 1.29 is 9.85 Å². The molecule has 0 radical (unpaired) electrons. The van der Waals surface area contributed by atoms with Crippen LogP contribution in [0, 0.1) is 25.6 Å². The Balaban J connectivity index is 3.03. The van der Waals surface area contributed by atoms with E-state index in [-0.39, 0.29) is 22.5 Å². The number of non-ortho nitro benzene ring substituents is 1. The van der Waals surface area contributed by atoms with Gasteiger partial charge in [0.25, 0.3) is 5.69 Å². The molecule has 120 valence electrons. The number of hydrogen-bond acceptors (Lipinski definition) is 6. The summed E-state index contributed by atoms with van der Waals surface area (Å²) in [6.45, 7) is 6.19. The summed E-state index contributed by atoms with van der Waals surface area (Å²) in [5.74, 6) is 0. The molecule has 0 atom stereocenters. The third-order valence-corrected chi connectivity index (χ3v) is 4.02. The van der Waals surface area contributed by atoms with Crippen molar-refractivity contribution in [2.75, 3.05) is 5.43 Å². The average Bonchev–Trinajstić information content (AvgIpc) is 2.52. The van der Waals surface area contributed by atoms with Crippen LogP contribution in [-0.2, 0) is 0 Å². The van der Waals surface area contributed by atoms with E-state index in [0.29, 0.717) is 0 Å². The SMILES string of the molecule is CCC(/C=N\Nc1ccc([N+](=O)[O-])cc1[N+](=O)[O-])(CC)CC. The van der Waals surface area contributed by atoms with Crippen LogP contribution in [0.4, 0.5) is 17.1 Å². The van der Waals surface area contributed by atoms with Crippen molar-refractivity contribution in [1.82, 2.24) is 0 Å². The summed E-state index contributed by atoms with van der Waals surface area (Å²) >= 11 is 0. The van der Waals surface area contributed by atoms with Crippen LogP contribution in [0.2, 0.25) is 0 Å². The molecule has 0 fully saturated rings. The monoisotopic (exact) mass is 308 g/mol. The standard InChI is InChI=1S/C14H20N4O4/c1-4-14(5-2,6-3)10-15-16-12-8-7-11(17(19)20)9-13(12)18(21)22/h7-10,16H,4-6H2,1-3H3/b15-10-. The molecule has 0 saturated carbocycles. The van der Waals surface area contributed by atoms with Gasteiger partial charge in [-0.1, -0.05) is 20.8 Å². The molecule has 1 N–H and O–H groups in total. The van der Waals surface area contributed by atoms with E-state index < -0.39 is 9.85 Å². The number of rotatable bonds is 8. The highest BCUT2D eigenvalue weighted by Gasteiger charge is 2.22. The van der Waals surface area contributed by atoms with E-state index in [0.717, 1.165) is 25.3 Å². The van der Waals surface area contributed by atoms with E-state index >= 15 is 0 Å². The maximum Gasteiger partial charge on any atom is 0.301 e. The van der Waals surface area contributed by atoms with E-state index in [1.807, 2.05) is 0 Å². The highest BCUT2D eigenvalue weighted by molar-refractivity contribution is 5.70. The van der Waals surface area contributed by atoms with Crippen LogP contribution in [0.3, 0.4) is 0 Å². The molecule has 0 unspecified atom stereocenters. The van der Waals surface area contributed by atoms with E-state index in [9.17, 15) is 20.2 Å². The average molecular weight is 308 g/mol. The number of anilines is 1. The molecule has 1 aromatic rings. The summed E-state index contributed by atoms with van der Waals surface area (Å²) < 4.78 is 0. The molecule has 1 rings (SSSR count). The minimum atomic E-state index is -0.670.